The van der Waals surface area contributed by atoms with E-state index in [0.717, 1.165) is 29.5 Å². The second kappa shape index (κ2) is 5.35. The van der Waals surface area contributed by atoms with E-state index in [4.69, 9.17) is 0 Å². The zero-order valence-corrected chi connectivity index (χ0v) is 14.1. The monoisotopic (exact) mass is 322 g/mol. The number of sulfonamides is 1. The summed E-state index contributed by atoms with van der Waals surface area (Å²) < 4.78 is 27.2. The lowest BCUT2D eigenvalue weighted by Crippen LogP contribution is -2.52. The van der Waals surface area contributed by atoms with Crippen LogP contribution in [-0.4, -0.2) is 49.2 Å². The van der Waals surface area contributed by atoms with Crippen molar-refractivity contribution in [3.8, 4) is 0 Å². The molecule has 3 rings (SSSR count). The number of benzene rings is 1. The number of aryl methyl sites for hydroxylation is 3. The van der Waals surface area contributed by atoms with Crippen LogP contribution in [0.2, 0.25) is 0 Å². The maximum absolute atomic E-state index is 12.9. The van der Waals surface area contributed by atoms with Gasteiger partial charge in [0.2, 0.25) is 15.9 Å². The molecule has 0 N–H and O–H groups in total. The van der Waals surface area contributed by atoms with Gasteiger partial charge < -0.3 is 4.90 Å². The van der Waals surface area contributed by atoms with E-state index < -0.39 is 10.0 Å². The number of carbonyl (C=O) groups is 1. The van der Waals surface area contributed by atoms with Gasteiger partial charge in [-0.15, -0.1) is 0 Å². The lowest BCUT2D eigenvalue weighted by molar-refractivity contribution is -0.134. The van der Waals surface area contributed by atoms with Crippen molar-refractivity contribution in [3.05, 3.63) is 28.8 Å². The third-order valence-electron chi connectivity index (χ3n) is 4.41. The molecule has 2 aliphatic rings. The molecule has 0 bridgehead atoms. The van der Waals surface area contributed by atoms with Gasteiger partial charge in [-0.1, -0.05) is 17.7 Å². The average molecular weight is 322 g/mol. The quantitative estimate of drug-likeness (QED) is 0.849. The van der Waals surface area contributed by atoms with Gasteiger partial charge in [-0.2, -0.15) is 4.31 Å². The van der Waals surface area contributed by atoms with Crippen LogP contribution in [0.4, 0.5) is 0 Å². The average Bonchev–Trinajstić information content (AvgIpc) is 3.21. The Bertz CT molecular complexity index is 700. The molecule has 0 unspecified atom stereocenters. The first kappa shape index (κ1) is 15.5. The van der Waals surface area contributed by atoms with Crippen molar-refractivity contribution in [2.45, 2.75) is 44.6 Å². The van der Waals surface area contributed by atoms with Gasteiger partial charge in [-0.3, -0.25) is 4.79 Å². The number of hydrogen-bond donors (Lipinski definition) is 0. The fourth-order valence-corrected chi connectivity index (χ4v) is 5.14. The largest absolute Gasteiger partial charge is 0.337 e. The predicted octanol–water partition coefficient (Wildman–Crippen LogP) is 1.61. The van der Waals surface area contributed by atoms with Gasteiger partial charge in [0.25, 0.3) is 0 Å². The molecule has 2 fully saturated rings. The molecule has 22 heavy (non-hydrogen) atoms. The van der Waals surface area contributed by atoms with E-state index in [-0.39, 0.29) is 12.5 Å². The van der Waals surface area contributed by atoms with Crippen LogP contribution < -0.4 is 0 Å². The lowest BCUT2D eigenvalue weighted by atomic mass is 10.1. The van der Waals surface area contributed by atoms with Crippen LogP contribution in [0.3, 0.4) is 0 Å². The van der Waals surface area contributed by atoms with Crippen molar-refractivity contribution in [2.75, 3.05) is 19.6 Å². The first-order valence-corrected chi connectivity index (χ1v) is 9.12. The van der Waals surface area contributed by atoms with Crippen molar-refractivity contribution >= 4 is 15.9 Å². The molecular formula is C16H22N2O3S. The SMILES string of the molecule is Cc1cc(C)c(S(=O)(=O)N2CCN(C3CC3)C(=O)C2)c(C)c1. The smallest absolute Gasteiger partial charge is 0.244 e. The van der Waals surface area contributed by atoms with Gasteiger partial charge in [0, 0.05) is 19.1 Å². The molecule has 0 atom stereocenters. The van der Waals surface area contributed by atoms with E-state index in [2.05, 4.69) is 0 Å². The predicted molar refractivity (Wildman–Crippen MR) is 84.1 cm³/mol. The van der Waals surface area contributed by atoms with Gasteiger partial charge in [0.05, 0.1) is 11.4 Å². The summed E-state index contributed by atoms with van der Waals surface area (Å²) in [5, 5.41) is 0. The van der Waals surface area contributed by atoms with E-state index in [0.29, 0.717) is 24.0 Å². The topological polar surface area (TPSA) is 57.7 Å². The Kier molecular flexibility index (Phi) is 3.77. The Hall–Kier alpha value is -1.40. The molecule has 1 heterocycles. The van der Waals surface area contributed by atoms with Crippen LogP contribution in [0.15, 0.2) is 17.0 Å². The highest BCUT2D eigenvalue weighted by atomic mass is 32.2. The van der Waals surface area contributed by atoms with E-state index in [1.807, 2.05) is 37.8 Å². The fourth-order valence-electron chi connectivity index (χ4n) is 3.35. The molecular weight excluding hydrogens is 300 g/mol. The summed E-state index contributed by atoms with van der Waals surface area (Å²) >= 11 is 0. The molecule has 6 heteroatoms. The second-order valence-corrected chi connectivity index (χ2v) is 8.26. The summed E-state index contributed by atoms with van der Waals surface area (Å²) in [5.74, 6) is -0.0697. The van der Waals surface area contributed by atoms with Crippen LogP contribution >= 0.6 is 0 Å². The van der Waals surface area contributed by atoms with Crippen LogP contribution in [0.25, 0.3) is 0 Å². The Morgan fingerprint density at radius 1 is 1.05 bits per heavy atom. The molecule has 1 amide bonds. The summed E-state index contributed by atoms with van der Waals surface area (Å²) in [4.78, 5) is 14.4. The third kappa shape index (κ3) is 2.65. The molecule has 0 aromatic heterocycles. The number of piperazine rings is 1. The molecule has 1 saturated carbocycles. The zero-order chi connectivity index (χ0) is 16.1. The zero-order valence-electron chi connectivity index (χ0n) is 13.3. The van der Waals surface area contributed by atoms with Gasteiger partial charge in [0.15, 0.2) is 0 Å². The van der Waals surface area contributed by atoms with Crippen molar-refractivity contribution in [1.82, 2.24) is 9.21 Å². The number of nitrogens with zero attached hydrogens (tertiary/aromatic N) is 2. The normalized spacial score (nSPS) is 20.5. The molecule has 5 nitrogen and oxygen atoms in total. The van der Waals surface area contributed by atoms with Gasteiger partial charge >= 0.3 is 0 Å². The van der Waals surface area contributed by atoms with Crippen molar-refractivity contribution < 1.29 is 13.2 Å². The Balaban J connectivity index is 1.89. The minimum absolute atomic E-state index is 0.0361. The first-order chi connectivity index (χ1) is 10.3. The van der Waals surface area contributed by atoms with Gasteiger partial charge in [0.1, 0.15) is 0 Å². The van der Waals surface area contributed by atoms with E-state index >= 15 is 0 Å². The molecule has 1 aliphatic carbocycles. The Labute approximate surface area is 132 Å². The second-order valence-electron chi connectivity index (χ2n) is 6.38. The van der Waals surface area contributed by atoms with Crippen molar-refractivity contribution in [1.29, 1.82) is 0 Å². The molecule has 1 aliphatic heterocycles. The molecule has 0 spiro atoms. The standard InChI is InChI=1S/C16H22N2O3S/c1-11-8-12(2)16(13(3)9-11)22(20,21)17-6-7-18(14-4-5-14)15(19)10-17/h8-9,14H,4-7,10H2,1-3H3. The maximum atomic E-state index is 12.9. The molecule has 1 saturated heterocycles. The number of carbonyl (C=O) groups excluding carboxylic acids is 1. The highest BCUT2D eigenvalue weighted by molar-refractivity contribution is 7.89. The first-order valence-electron chi connectivity index (χ1n) is 7.68. The molecule has 0 radical (unpaired) electrons. The van der Waals surface area contributed by atoms with Crippen LogP contribution in [0.5, 0.6) is 0 Å². The number of amides is 1. The minimum Gasteiger partial charge on any atom is -0.337 e. The third-order valence-corrected chi connectivity index (χ3v) is 6.56. The number of hydrogen-bond acceptors (Lipinski definition) is 3. The summed E-state index contributed by atoms with van der Waals surface area (Å²) in [5.41, 5.74) is 2.53. The van der Waals surface area contributed by atoms with Crippen LogP contribution in [-0.2, 0) is 14.8 Å². The van der Waals surface area contributed by atoms with Crippen molar-refractivity contribution in [2.24, 2.45) is 0 Å². The van der Waals surface area contributed by atoms with E-state index in [1.165, 1.54) is 4.31 Å². The lowest BCUT2D eigenvalue weighted by Gasteiger charge is -2.34. The van der Waals surface area contributed by atoms with Crippen LogP contribution in [0, 0.1) is 20.8 Å². The van der Waals surface area contributed by atoms with E-state index in [1.54, 1.807) is 0 Å². The van der Waals surface area contributed by atoms with Gasteiger partial charge in [-0.25, -0.2) is 8.42 Å². The number of rotatable bonds is 3. The maximum Gasteiger partial charge on any atom is 0.244 e. The highest BCUT2D eigenvalue weighted by Crippen LogP contribution is 2.30. The molecule has 1 aromatic rings. The Morgan fingerprint density at radius 2 is 1.64 bits per heavy atom. The minimum atomic E-state index is -3.62. The summed E-state index contributed by atoms with van der Waals surface area (Å²) in [6, 6.07) is 4.10. The fraction of sp³-hybridized carbons (Fsp3) is 0.562. The van der Waals surface area contributed by atoms with Crippen molar-refractivity contribution in [3.63, 3.8) is 0 Å². The van der Waals surface area contributed by atoms with Gasteiger partial charge in [-0.05, 0) is 44.7 Å². The van der Waals surface area contributed by atoms with Crippen LogP contribution in [0.1, 0.15) is 29.5 Å². The summed E-state index contributed by atoms with van der Waals surface area (Å²) in [7, 11) is -3.62. The Morgan fingerprint density at radius 3 is 2.14 bits per heavy atom. The summed E-state index contributed by atoms with van der Waals surface area (Å²) in [6.45, 7) is 6.44. The highest BCUT2D eigenvalue weighted by Gasteiger charge is 2.39. The molecule has 120 valence electrons. The summed E-state index contributed by atoms with van der Waals surface area (Å²) in [6.07, 6.45) is 2.10. The van der Waals surface area contributed by atoms with E-state index in [9.17, 15) is 13.2 Å². The molecule has 1 aromatic carbocycles.